The Kier molecular flexibility index (Phi) is 5.56. The Morgan fingerprint density at radius 3 is 2.76 bits per heavy atom. The summed E-state index contributed by atoms with van der Waals surface area (Å²) in [5, 5.41) is 22.8. The van der Waals surface area contributed by atoms with Crippen LogP contribution in [0.3, 0.4) is 0 Å². The quantitative estimate of drug-likeness (QED) is 0.679. The molecule has 3 N–H and O–H groups in total. The molecule has 3 unspecified atom stereocenters. The van der Waals surface area contributed by atoms with E-state index < -0.39 is 22.9 Å². The van der Waals surface area contributed by atoms with Gasteiger partial charge in [-0.05, 0) is 36.5 Å². The predicted octanol–water partition coefficient (Wildman–Crippen LogP) is 2.12. The third kappa shape index (κ3) is 3.87. The number of phenolic OH excluding ortho intramolecular Hbond substituents is 1. The molecule has 1 aromatic rings. The summed E-state index contributed by atoms with van der Waals surface area (Å²) >= 11 is -1.94. The average Bonchev–Trinajstić information content (AvgIpc) is 2.98. The molecule has 1 aliphatic carbocycles. The lowest BCUT2D eigenvalue weighted by Crippen LogP contribution is -2.39. The topological polar surface area (TPSA) is 105 Å². The van der Waals surface area contributed by atoms with E-state index in [1.165, 1.54) is 31.4 Å². The van der Waals surface area contributed by atoms with Crippen molar-refractivity contribution in [3.63, 3.8) is 0 Å². The number of carbonyl (C=O) groups excluding carboxylic acids is 1. The first-order valence-corrected chi connectivity index (χ1v) is 10.9. The monoisotopic (exact) mass is 418 g/mol. The van der Waals surface area contributed by atoms with E-state index >= 15 is 4.39 Å². The number of hydrogen-bond donors (Lipinski definition) is 3. The SMILES string of the molecule is N#CC1NCC(c2ccc(O)c(N3CC(=O)NS3=O)c2F)=CC1CCC1CCC1. The molecule has 3 aliphatic rings. The first kappa shape index (κ1) is 19.9. The molecule has 7 nitrogen and oxygen atoms in total. The van der Waals surface area contributed by atoms with Crippen LogP contribution < -0.4 is 14.3 Å². The third-order valence-electron chi connectivity index (χ3n) is 6.01. The minimum atomic E-state index is -1.94. The van der Waals surface area contributed by atoms with Crippen LogP contribution in [0.1, 0.15) is 37.7 Å². The molecule has 1 saturated carbocycles. The van der Waals surface area contributed by atoms with Gasteiger partial charge < -0.3 is 5.11 Å². The number of nitriles is 1. The number of phenols is 1. The highest BCUT2D eigenvalue weighted by Crippen LogP contribution is 2.38. The Bertz CT molecular complexity index is 925. The standard InChI is InChI=1S/C20H23FN4O3S/c21-19-15(6-7-17(26)20(19)25-11-18(27)24-29(25)28)14-8-13(16(9-22)23-10-14)5-4-12-2-1-3-12/h6-8,12-13,16,23,26H,1-5,10-11H2,(H,24,27). The van der Waals surface area contributed by atoms with E-state index in [0.29, 0.717) is 12.1 Å². The van der Waals surface area contributed by atoms with Crippen molar-refractivity contribution < 1.29 is 18.5 Å². The van der Waals surface area contributed by atoms with E-state index in [1.54, 1.807) is 0 Å². The van der Waals surface area contributed by atoms with Gasteiger partial charge in [-0.2, -0.15) is 5.26 Å². The highest BCUT2D eigenvalue weighted by molar-refractivity contribution is 7.85. The summed E-state index contributed by atoms with van der Waals surface area (Å²) < 4.78 is 30.6. The Balaban J connectivity index is 1.63. The van der Waals surface area contributed by atoms with Gasteiger partial charge in [0.1, 0.15) is 24.0 Å². The van der Waals surface area contributed by atoms with Crippen LogP contribution in [0.5, 0.6) is 5.75 Å². The third-order valence-corrected chi connectivity index (χ3v) is 7.12. The molecule has 9 heteroatoms. The van der Waals surface area contributed by atoms with E-state index in [1.807, 2.05) is 6.08 Å². The molecule has 2 aliphatic heterocycles. The normalized spacial score (nSPS) is 27.2. The Labute approximate surface area is 171 Å². The number of benzene rings is 1. The van der Waals surface area contributed by atoms with Gasteiger partial charge in [0.15, 0.2) is 5.82 Å². The van der Waals surface area contributed by atoms with Gasteiger partial charge in [-0.3, -0.25) is 19.1 Å². The highest BCUT2D eigenvalue weighted by atomic mass is 32.2. The minimum Gasteiger partial charge on any atom is -0.506 e. The van der Waals surface area contributed by atoms with Crippen LogP contribution in [-0.2, 0) is 16.0 Å². The van der Waals surface area contributed by atoms with Crippen LogP contribution in [0.2, 0.25) is 0 Å². The molecule has 3 atom stereocenters. The smallest absolute Gasteiger partial charge is 0.253 e. The molecular formula is C20H23FN4O3S. The van der Waals surface area contributed by atoms with E-state index in [0.717, 1.165) is 23.1 Å². The lowest BCUT2D eigenvalue weighted by molar-refractivity contribution is -0.117. The van der Waals surface area contributed by atoms with E-state index in [2.05, 4.69) is 16.1 Å². The molecule has 29 heavy (non-hydrogen) atoms. The maximum Gasteiger partial charge on any atom is 0.253 e. The molecule has 1 saturated heterocycles. The van der Waals surface area contributed by atoms with Crippen LogP contribution >= 0.6 is 0 Å². The van der Waals surface area contributed by atoms with Gasteiger partial charge in [0, 0.05) is 18.0 Å². The van der Waals surface area contributed by atoms with Crippen molar-refractivity contribution >= 4 is 28.3 Å². The van der Waals surface area contributed by atoms with Crippen molar-refractivity contribution in [1.82, 2.24) is 10.0 Å². The van der Waals surface area contributed by atoms with Gasteiger partial charge in [-0.25, -0.2) is 8.60 Å². The molecule has 0 radical (unpaired) electrons. The second kappa shape index (κ2) is 8.13. The summed E-state index contributed by atoms with van der Waals surface area (Å²) in [6.07, 6.45) is 7.62. The minimum absolute atomic E-state index is 0.0230. The highest BCUT2D eigenvalue weighted by Gasteiger charge is 2.33. The summed E-state index contributed by atoms with van der Waals surface area (Å²) in [5.74, 6) is -0.905. The Hall–Kier alpha value is -2.44. The van der Waals surface area contributed by atoms with Gasteiger partial charge in [0.25, 0.3) is 5.91 Å². The first-order chi connectivity index (χ1) is 14.0. The summed E-state index contributed by atoms with van der Waals surface area (Å²) in [5.41, 5.74) is 0.707. The number of hydrogen-bond acceptors (Lipinski definition) is 5. The summed E-state index contributed by atoms with van der Waals surface area (Å²) in [7, 11) is 0. The first-order valence-electron chi connectivity index (χ1n) is 9.82. The summed E-state index contributed by atoms with van der Waals surface area (Å²) in [4.78, 5) is 11.5. The second-order valence-corrected chi connectivity index (χ2v) is 8.97. The van der Waals surface area contributed by atoms with E-state index in [-0.39, 0.29) is 35.5 Å². The number of nitrogens with one attached hydrogen (secondary N) is 2. The zero-order valence-electron chi connectivity index (χ0n) is 15.9. The number of nitrogens with zero attached hydrogens (tertiary/aromatic N) is 2. The van der Waals surface area contributed by atoms with Crippen LogP contribution in [-0.4, -0.2) is 34.4 Å². The molecule has 1 amide bonds. The zero-order valence-corrected chi connectivity index (χ0v) is 16.7. The second-order valence-electron chi connectivity index (χ2n) is 7.82. The zero-order chi connectivity index (χ0) is 20.5. The number of aromatic hydroxyl groups is 1. The maximum absolute atomic E-state index is 15.3. The van der Waals surface area contributed by atoms with Crippen LogP contribution in [0.4, 0.5) is 10.1 Å². The number of amides is 1. The fourth-order valence-corrected chi connectivity index (χ4v) is 5.09. The van der Waals surface area contributed by atoms with Gasteiger partial charge in [-0.15, -0.1) is 0 Å². The Morgan fingerprint density at radius 1 is 1.34 bits per heavy atom. The van der Waals surface area contributed by atoms with E-state index in [9.17, 15) is 19.4 Å². The molecule has 2 fully saturated rings. The van der Waals surface area contributed by atoms with Crippen LogP contribution in [0, 0.1) is 29.0 Å². The molecule has 154 valence electrons. The van der Waals surface area contributed by atoms with Crippen molar-refractivity contribution in [2.24, 2.45) is 11.8 Å². The lowest BCUT2D eigenvalue weighted by atomic mass is 9.78. The molecule has 0 aromatic heterocycles. The maximum atomic E-state index is 15.3. The van der Waals surface area contributed by atoms with Crippen molar-refractivity contribution in [2.75, 3.05) is 17.4 Å². The van der Waals surface area contributed by atoms with Gasteiger partial charge in [0.05, 0.1) is 6.07 Å². The molecular weight excluding hydrogens is 395 g/mol. The van der Waals surface area contributed by atoms with Crippen molar-refractivity contribution in [2.45, 2.75) is 38.1 Å². The van der Waals surface area contributed by atoms with Crippen molar-refractivity contribution in [1.29, 1.82) is 5.26 Å². The lowest BCUT2D eigenvalue weighted by Gasteiger charge is -2.31. The van der Waals surface area contributed by atoms with Gasteiger partial charge >= 0.3 is 0 Å². The van der Waals surface area contributed by atoms with Crippen LogP contribution in [0.15, 0.2) is 18.2 Å². The van der Waals surface area contributed by atoms with Gasteiger partial charge in [0.2, 0.25) is 11.2 Å². The fraction of sp³-hybridized carbons (Fsp3) is 0.500. The predicted molar refractivity (Wildman–Crippen MR) is 107 cm³/mol. The number of carbonyl (C=O) groups is 1. The number of rotatable bonds is 5. The molecule has 1 aromatic carbocycles. The van der Waals surface area contributed by atoms with Crippen molar-refractivity contribution in [3.8, 4) is 11.8 Å². The Morgan fingerprint density at radius 2 is 2.14 bits per heavy atom. The number of halogens is 1. The number of anilines is 1. The molecule has 0 spiro atoms. The molecule has 4 rings (SSSR count). The van der Waals surface area contributed by atoms with E-state index in [4.69, 9.17) is 0 Å². The average molecular weight is 418 g/mol. The summed E-state index contributed by atoms with van der Waals surface area (Å²) in [6, 6.07) is 4.80. The molecule has 2 heterocycles. The molecule has 0 bridgehead atoms. The fourth-order valence-electron chi connectivity index (χ4n) is 4.15. The van der Waals surface area contributed by atoms with Crippen molar-refractivity contribution in [3.05, 3.63) is 29.6 Å². The van der Waals surface area contributed by atoms with Gasteiger partial charge in [-0.1, -0.05) is 25.3 Å². The van der Waals surface area contributed by atoms with Crippen LogP contribution in [0.25, 0.3) is 5.57 Å². The largest absolute Gasteiger partial charge is 0.506 e. The summed E-state index contributed by atoms with van der Waals surface area (Å²) in [6.45, 7) is 0.0257.